The van der Waals surface area contributed by atoms with Gasteiger partial charge in [-0.2, -0.15) is 0 Å². The van der Waals surface area contributed by atoms with E-state index in [4.69, 9.17) is 22.1 Å². The van der Waals surface area contributed by atoms with Gasteiger partial charge >= 0.3 is 0 Å². The van der Waals surface area contributed by atoms with Crippen molar-refractivity contribution in [1.29, 1.82) is 0 Å². The van der Waals surface area contributed by atoms with Gasteiger partial charge in [0.1, 0.15) is 5.75 Å². The van der Waals surface area contributed by atoms with E-state index < -0.39 is 6.10 Å². The Balaban J connectivity index is 2.39. The Morgan fingerprint density at radius 3 is 2.65 bits per heavy atom. The number of benzene rings is 1. The smallest absolute Gasteiger partial charge is 0.122 e. The van der Waals surface area contributed by atoms with Crippen molar-refractivity contribution in [3.05, 3.63) is 50.7 Å². The van der Waals surface area contributed by atoms with Gasteiger partial charge in [0.05, 0.1) is 13.2 Å². The Morgan fingerprint density at radius 1 is 1.35 bits per heavy atom. The maximum atomic E-state index is 10.6. The fourth-order valence-electron chi connectivity index (χ4n) is 2.23. The number of rotatable bonds is 5. The summed E-state index contributed by atoms with van der Waals surface area (Å²) in [6, 6.07) is 9.30. The predicted octanol–water partition coefficient (Wildman–Crippen LogP) is 3.49. The van der Waals surface area contributed by atoms with Crippen molar-refractivity contribution < 1.29 is 9.84 Å². The third-order valence-electron chi connectivity index (χ3n) is 3.28. The Hall–Kier alpha value is -1.07. The van der Waals surface area contributed by atoms with E-state index >= 15 is 0 Å². The van der Waals surface area contributed by atoms with Crippen molar-refractivity contribution in [2.45, 2.75) is 18.9 Å². The molecule has 3 N–H and O–H groups in total. The minimum Gasteiger partial charge on any atom is -0.496 e. The molecule has 108 valence electrons. The highest BCUT2D eigenvalue weighted by atomic mass is 35.5. The summed E-state index contributed by atoms with van der Waals surface area (Å²) >= 11 is 7.63. The second kappa shape index (κ2) is 6.59. The number of nitrogens with two attached hydrogens (primary N) is 1. The standard InChI is InChI=1S/C15H18ClNO2S/c1-9-3-6-14(20-9)15(18)12(8-17)11-7-10(16)4-5-13(11)19-2/h3-7,12,15,18H,8,17H2,1-2H3. The molecule has 0 fully saturated rings. The number of aliphatic hydroxyl groups is 1. The van der Waals surface area contributed by atoms with Crippen molar-refractivity contribution in [1.82, 2.24) is 0 Å². The zero-order chi connectivity index (χ0) is 14.7. The molecule has 0 amide bonds. The van der Waals surface area contributed by atoms with Gasteiger partial charge in [-0.05, 0) is 37.3 Å². The summed E-state index contributed by atoms with van der Waals surface area (Å²) in [5.41, 5.74) is 6.70. The highest BCUT2D eigenvalue weighted by Gasteiger charge is 2.25. The number of methoxy groups -OCH3 is 1. The summed E-state index contributed by atoms with van der Waals surface area (Å²) in [5.74, 6) is 0.443. The molecule has 0 saturated heterocycles. The van der Waals surface area contributed by atoms with Crippen LogP contribution in [0, 0.1) is 6.92 Å². The lowest BCUT2D eigenvalue weighted by Crippen LogP contribution is -2.20. The first-order valence-electron chi connectivity index (χ1n) is 6.34. The molecule has 0 aliphatic heterocycles. The maximum absolute atomic E-state index is 10.6. The van der Waals surface area contributed by atoms with Gasteiger partial charge in [-0.25, -0.2) is 0 Å². The van der Waals surface area contributed by atoms with Gasteiger partial charge in [0.15, 0.2) is 0 Å². The van der Waals surface area contributed by atoms with Gasteiger partial charge < -0.3 is 15.6 Å². The Kier molecular flexibility index (Phi) is 5.05. The molecule has 5 heteroatoms. The number of aliphatic hydroxyl groups excluding tert-OH is 1. The zero-order valence-electron chi connectivity index (χ0n) is 11.5. The van der Waals surface area contributed by atoms with Crippen LogP contribution in [0.5, 0.6) is 5.75 Å². The van der Waals surface area contributed by atoms with Crippen molar-refractivity contribution >= 4 is 22.9 Å². The van der Waals surface area contributed by atoms with Crippen LogP contribution in [0.2, 0.25) is 5.02 Å². The lowest BCUT2D eigenvalue weighted by atomic mass is 9.91. The molecule has 1 heterocycles. The molecule has 0 radical (unpaired) electrons. The van der Waals surface area contributed by atoms with Gasteiger partial charge in [-0.15, -0.1) is 11.3 Å². The lowest BCUT2D eigenvalue weighted by Gasteiger charge is -2.23. The molecule has 2 rings (SSSR count). The maximum Gasteiger partial charge on any atom is 0.122 e. The fourth-order valence-corrected chi connectivity index (χ4v) is 3.34. The highest BCUT2D eigenvalue weighted by Crippen LogP contribution is 2.38. The van der Waals surface area contributed by atoms with Crippen LogP contribution >= 0.6 is 22.9 Å². The molecule has 0 aliphatic rings. The number of hydrogen-bond donors (Lipinski definition) is 2. The first kappa shape index (κ1) is 15.3. The minimum absolute atomic E-state index is 0.248. The van der Waals surface area contributed by atoms with Crippen LogP contribution in [-0.2, 0) is 0 Å². The number of thiophene rings is 1. The number of halogens is 1. The van der Waals surface area contributed by atoms with Crippen LogP contribution in [0.4, 0.5) is 0 Å². The van der Waals surface area contributed by atoms with Crippen LogP contribution in [0.1, 0.15) is 27.3 Å². The van der Waals surface area contributed by atoms with Gasteiger partial charge in [0.25, 0.3) is 0 Å². The second-order valence-electron chi connectivity index (χ2n) is 4.62. The van der Waals surface area contributed by atoms with Gasteiger partial charge in [0, 0.05) is 32.8 Å². The molecule has 1 aromatic carbocycles. The van der Waals surface area contributed by atoms with E-state index in [-0.39, 0.29) is 5.92 Å². The van der Waals surface area contributed by atoms with Crippen LogP contribution in [0.25, 0.3) is 0 Å². The summed E-state index contributed by atoms with van der Waals surface area (Å²) < 4.78 is 5.35. The summed E-state index contributed by atoms with van der Waals surface area (Å²) in [4.78, 5) is 2.06. The van der Waals surface area contributed by atoms with Gasteiger partial charge in [-0.3, -0.25) is 0 Å². The van der Waals surface area contributed by atoms with E-state index in [1.807, 2.05) is 25.1 Å². The molecular weight excluding hydrogens is 294 g/mol. The Labute approximate surface area is 128 Å². The Bertz CT molecular complexity index is 585. The summed E-state index contributed by atoms with van der Waals surface area (Å²) in [7, 11) is 1.60. The molecular formula is C15H18ClNO2S. The zero-order valence-corrected chi connectivity index (χ0v) is 13.0. The fraction of sp³-hybridized carbons (Fsp3) is 0.333. The topological polar surface area (TPSA) is 55.5 Å². The molecule has 2 unspecified atom stereocenters. The summed E-state index contributed by atoms with van der Waals surface area (Å²) in [6.07, 6.45) is -0.661. The largest absolute Gasteiger partial charge is 0.496 e. The quantitative estimate of drug-likeness (QED) is 0.888. The molecule has 3 nitrogen and oxygen atoms in total. The average Bonchev–Trinajstić information content (AvgIpc) is 2.86. The number of ether oxygens (including phenoxy) is 1. The van der Waals surface area contributed by atoms with E-state index in [0.717, 1.165) is 15.3 Å². The van der Waals surface area contributed by atoms with Gasteiger partial charge in [0.2, 0.25) is 0 Å². The van der Waals surface area contributed by atoms with E-state index in [9.17, 15) is 5.11 Å². The van der Waals surface area contributed by atoms with E-state index in [1.54, 1.807) is 30.6 Å². The van der Waals surface area contributed by atoms with Crippen LogP contribution in [0.3, 0.4) is 0 Å². The minimum atomic E-state index is -0.661. The first-order chi connectivity index (χ1) is 9.56. The van der Waals surface area contributed by atoms with Crippen LogP contribution in [0.15, 0.2) is 30.3 Å². The van der Waals surface area contributed by atoms with E-state index in [2.05, 4.69) is 0 Å². The molecule has 0 saturated carbocycles. The molecule has 1 aromatic heterocycles. The van der Waals surface area contributed by atoms with E-state index in [0.29, 0.717) is 17.3 Å². The van der Waals surface area contributed by atoms with Crippen LogP contribution in [-0.4, -0.2) is 18.8 Å². The van der Waals surface area contributed by atoms with Crippen molar-refractivity contribution in [2.75, 3.05) is 13.7 Å². The van der Waals surface area contributed by atoms with Crippen molar-refractivity contribution in [2.24, 2.45) is 5.73 Å². The Morgan fingerprint density at radius 2 is 2.10 bits per heavy atom. The lowest BCUT2D eigenvalue weighted by molar-refractivity contribution is 0.149. The number of aryl methyl sites for hydroxylation is 1. The number of hydrogen-bond acceptors (Lipinski definition) is 4. The summed E-state index contributed by atoms with van der Waals surface area (Å²) in [6.45, 7) is 2.33. The third-order valence-corrected chi connectivity index (χ3v) is 4.59. The third kappa shape index (κ3) is 3.15. The molecule has 0 aliphatic carbocycles. The highest BCUT2D eigenvalue weighted by molar-refractivity contribution is 7.12. The SMILES string of the molecule is COc1ccc(Cl)cc1C(CN)C(O)c1ccc(C)s1. The van der Waals surface area contributed by atoms with Crippen LogP contribution < -0.4 is 10.5 Å². The monoisotopic (exact) mass is 311 g/mol. The molecule has 20 heavy (non-hydrogen) atoms. The normalized spacial score (nSPS) is 14.1. The molecule has 0 bridgehead atoms. The second-order valence-corrected chi connectivity index (χ2v) is 6.38. The predicted molar refractivity (Wildman–Crippen MR) is 83.8 cm³/mol. The molecule has 2 aromatic rings. The van der Waals surface area contributed by atoms with Crippen molar-refractivity contribution in [3.8, 4) is 5.75 Å². The molecule has 0 spiro atoms. The average molecular weight is 312 g/mol. The summed E-state index contributed by atoms with van der Waals surface area (Å²) in [5, 5.41) is 11.2. The van der Waals surface area contributed by atoms with Gasteiger partial charge in [-0.1, -0.05) is 11.6 Å². The van der Waals surface area contributed by atoms with Crippen molar-refractivity contribution in [3.63, 3.8) is 0 Å². The molecule has 2 atom stereocenters. The first-order valence-corrected chi connectivity index (χ1v) is 7.54. The van der Waals surface area contributed by atoms with E-state index in [1.165, 1.54) is 0 Å².